The fourth-order valence-electron chi connectivity index (χ4n) is 3.90. The molecule has 2 aromatic carbocycles. The molecule has 2 aliphatic rings. The van der Waals surface area contributed by atoms with Crippen molar-refractivity contribution in [1.29, 1.82) is 0 Å². The second kappa shape index (κ2) is 6.97. The van der Waals surface area contributed by atoms with Crippen molar-refractivity contribution < 1.29 is 8.78 Å². The molecular formula is C20H20ClF2N3. The van der Waals surface area contributed by atoms with Crippen LogP contribution in [-0.4, -0.2) is 18.9 Å². The average molecular weight is 376 g/mol. The monoisotopic (exact) mass is 375 g/mol. The van der Waals surface area contributed by atoms with Crippen LogP contribution in [0.2, 0.25) is 5.02 Å². The number of benzene rings is 2. The third-order valence-corrected chi connectivity index (χ3v) is 5.69. The van der Waals surface area contributed by atoms with Gasteiger partial charge in [0.15, 0.2) is 0 Å². The van der Waals surface area contributed by atoms with Gasteiger partial charge in [-0.15, -0.1) is 0 Å². The number of anilines is 1. The Balaban J connectivity index is 1.71. The minimum atomic E-state index is -0.730. The summed E-state index contributed by atoms with van der Waals surface area (Å²) in [6.07, 6.45) is 2.76. The number of nitrogens with zero attached hydrogens (tertiary/aromatic N) is 1. The number of fused-ring (bicyclic) bond motifs is 1. The first-order chi connectivity index (χ1) is 12.6. The zero-order valence-corrected chi connectivity index (χ0v) is 15.0. The maximum absolute atomic E-state index is 14.2. The quantitative estimate of drug-likeness (QED) is 0.755. The molecule has 0 aliphatic carbocycles. The van der Waals surface area contributed by atoms with E-state index in [2.05, 4.69) is 21.7 Å². The molecule has 1 fully saturated rings. The third kappa shape index (κ3) is 3.10. The van der Waals surface area contributed by atoms with Crippen molar-refractivity contribution in [3.8, 4) is 0 Å². The Bertz CT molecular complexity index is 860. The Morgan fingerprint density at radius 2 is 1.85 bits per heavy atom. The lowest BCUT2D eigenvalue weighted by Crippen LogP contribution is -2.48. The lowest BCUT2D eigenvalue weighted by atomic mass is 9.71. The third-order valence-electron chi connectivity index (χ3n) is 5.40. The summed E-state index contributed by atoms with van der Waals surface area (Å²) in [5, 5.41) is 6.72. The van der Waals surface area contributed by atoms with Crippen molar-refractivity contribution in [1.82, 2.24) is 5.32 Å². The lowest BCUT2D eigenvalue weighted by Gasteiger charge is -2.42. The molecule has 0 amide bonds. The number of para-hydroxylation sites is 1. The first kappa shape index (κ1) is 17.4. The summed E-state index contributed by atoms with van der Waals surface area (Å²) < 4.78 is 28.3. The van der Waals surface area contributed by atoms with Crippen LogP contribution in [0.3, 0.4) is 0 Å². The standard InChI is InChI=1S/C20H20ClF2N3/c21-15-5-6-16(22)14(18(15)23)12-25-19-20(7-9-24-10-8-20)11-13-3-1-2-4-17(13)26-19/h1-6,24H,7-12H2,(H,25,26). The van der Waals surface area contributed by atoms with E-state index in [0.29, 0.717) is 0 Å². The SMILES string of the molecule is Fc1ccc(Cl)c(F)c1CN=C1Nc2ccccc2CC12CCNCC2. The number of piperidine rings is 1. The predicted octanol–water partition coefficient (Wildman–Crippen LogP) is 4.55. The maximum Gasteiger partial charge on any atom is 0.149 e. The highest BCUT2D eigenvalue weighted by Gasteiger charge is 2.41. The molecule has 3 nitrogen and oxygen atoms in total. The van der Waals surface area contributed by atoms with Crippen molar-refractivity contribution >= 4 is 23.1 Å². The van der Waals surface area contributed by atoms with Crippen LogP contribution in [0.5, 0.6) is 0 Å². The summed E-state index contributed by atoms with van der Waals surface area (Å²) in [6.45, 7) is 1.74. The van der Waals surface area contributed by atoms with Gasteiger partial charge in [0, 0.05) is 16.7 Å². The van der Waals surface area contributed by atoms with Crippen LogP contribution < -0.4 is 10.6 Å². The Morgan fingerprint density at radius 1 is 1.08 bits per heavy atom. The number of aliphatic imine (C=N–C) groups is 1. The Kier molecular flexibility index (Phi) is 4.67. The molecule has 26 heavy (non-hydrogen) atoms. The van der Waals surface area contributed by atoms with Gasteiger partial charge in [-0.1, -0.05) is 29.8 Å². The molecule has 0 atom stereocenters. The van der Waals surface area contributed by atoms with E-state index in [9.17, 15) is 8.78 Å². The molecule has 1 saturated heterocycles. The summed E-state index contributed by atoms with van der Waals surface area (Å²) in [5.41, 5.74) is 2.07. The number of rotatable bonds is 2. The van der Waals surface area contributed by atoms with E-state index in [1.165, 1.54) is 17.7 Å². The summed E-state index contributed by atoms with van der Waals surface area (Å²) in [4.78, 5) is 4.63. The smallest absolute Gasteiger partial charge is 0.149 e. The number of nitrogens with one attached hydrogen (secondary N) is 2. The van der Waals surface area contributed by atoms with Crippen LogP contribution >= 0.6 is 11.6 Å². The molecule has 0 bridgehead atoms. The van der Waals surface area contributed by atoms with Gasteiger partial charge in [0.25, 0.3) is 0 Å². The molecule has 4 rings (SSSR count). The molecule has 136 valence electrons. The molecule has 0 radical (unpaired) electrons. The van der Waals surface area contributed by atoms with Crippen LogP contribution in [0.4, 0.5) is 14.5 Å². The van der Waals surface area contributed by atoms with Gasteiger partial charge in [-0.25, -0.2) is 8.78 Å². The van der Waals surface area contributed by atoms with Crippen molar-refractivity contribution in [3.05, 3.63) is 64.2 Å². The predicted molar refractivity (Wildman–Crippen MR) is 101 cm³/mol. The summed E-state index contributed by atoms with van der Waals surface area (Å²) in [7, 11) is 0. The van der Waals surface area contributed by atoms with E-state index in [1.54, 1.807) is 0 Å². The van der Waals surface area contributed by atoms with Crippen molar-refractivity contribution in [2.45, 2.75) is 25.8 Å². The first-order valence-corrected chi connectivity index (χ1v) is 9.20. The summed E-state index contributed by atoms with van der Waals surface area (Å²) >= 11 is 5.80. The average Bonchev–Trinajstić information content (AvgIpc) is 2.66. The zero-order valence-electron chi connectivity index (χ0n) is 14.3. The van der Waals surface area contributed by atoms with Gasteiger partial charge in [-0.05, 0) is 56.1 Å². The van der Waals surface area contributed by atoms with Gasteiger partial charge in [-0.3, -0.25) is 4.99 Å². The molecule has 0 aromatic heterocycles. The minimum Gasteiger partial charge on any atom is -0.343 e. The molecule has 1 spiro atoms. The van der Waals surface area contributed by atoms with E-state index in [1.807, 2.05) is 18.2 Å². The van der Waals surface area contributed by atoms with E-state index >= 15 is 0 Å². The second-order valence-electron chi connectivity index (χ2n) is 6.98. The second-order valence-corrected chi connectivity index (χ2v) is 7.38. The lowest BCUT2D eigenvalue weighted by molar-refractivity contribution is 0.293. The number of halogens is 3. The Hall–Kier alpha value is -1.98. The van der Waals surface area contributed by atoms with Gasteiger partial charge < -0.3 is 10.6 Å². The molecule has 2 aliphatic heterocycles. The van der Waals surface area contributed by atoms with Gasteiger partial charge >= 0.3 is 0 Å². The highest BCUT2D eigenvalue weighted by atomic mass is 35.5. The van der Waals surface area contributed by atoms with Crippen molar-refractivity contribution in [2.24, 2.45) is 10.4 Å². The fourth-order valence-corrected chi connectivity index (χ4v) is 4.08. The molecule has 0 saturated carbocycles. The van der Waals surface area contributed by atoms with E-state index < -0.39 is 11.6 Å². The van der Waals surface area contributed by atoms with Crippen molar-refractivity contribution in [2.75, 3.05) is 18.4 Å². The molecule has 2 heterocycles. The highest BCUT2D eigenvalue weighted by molar-refractivity contribution is 6.30. The van der Waals surface area contributed by atoms with Crippen LogP contribution in [-0.2, 0) is 13.0 Å². The number of hydrogen-bond acceptors (Lipinski definition) is 2. The Morgan fingerprint density at radius 3 is 2.65 bits per heavy atom. The van der Waals surface area contributed by atoms with Crippen LogP contribution in [0.1, 0.15) is 24.0 Å². The minimum absolute atomic E-state index is 0.0715. The first-order valence-electron chi connectivity index (χ1n) is 8.82. The molecular weight excluding hydrogens is 356 g/mol. The van der Waals surface area contributed by atoms with E-state index in [4.69, 9.17) is 11.6 Å². The molecule has 6 heteroatoms. The van der Waals surface area contributed by atoms with Gasteiger partial charge in [0.05, 0.1) is 11.6 Å². The Labute approximate surface area is 156 Å². The van der Waals surface area contributed by atoms with Gasteiger partial charge in [0.2, 0.25) is 0 Å². The molecule has 0 unspecified atom stereocenters. The normalized spacial score (nSPS) is 20.0. The number of hydrogen-bond donors (Lipinski definition) is 2. The zero-order chi connectivity index (χ0) is 18.1. The summed E-state index contributed by atoms with van der Waals surface area (Å²) in [5.74, 6) is -0.533. The highest BCUT2D eigenvalue weighted by Crippen LogP contribution is 2.41. The van der Waals surface area contributed by atoms with Crippen molar-refractivity contribution in [3.63, 3.8) is 0 Å². The van der Waals surface area contributed by atoms with E-state index in [-0.39, 0.29) is 22.5 Å². The maximum atomic E-state index is 14.2. The van der Waals surface area contributed by atoms with Gasteiger partial charge in [-0.2, -0.15) is 0 Å². The van der Waals surface area contributed by atoms with E-state index in [0.717, 1.165) is 43.9 Å². The summed E-state index contributed by atoms with van der Waals surface area (Å²) in [6, 6.07) is 10.6. The van der Waals surface area contributed by atoms with Crippen LogP contribution in [0, 0.1) is 17.0 Å². The van der Waals surface area contributed by atoms with Crippen LogP contribution in [0.25, 0.3) is 0 Å². The topological polar surface area (TPSA) is 36.4 Å². The fraction of sp³-hybridized carbons (Fsp3) is 0.350. The largest absolute Gasteiger partial charge is 0.343 e. The molecule has 2 aromatic rings. The number of amidine groups is 1. The van der Waals surface area contributed by atoms with Gasteiger partial charge in [0.1, 0.15) is 17.5 Å². The molecule has 2 N–H and O–H groups in total. The van der Waals surface area contributed by atoms with Crippen LogP contribution in [0.15, 0.2) is 41.4 Å².